The van der Waals surface area contributed by atoms with Crippen LogP contribution in [0.25, 0.3) is 0 Å². The van der Waals surface area contributed by atoms with E-state index < -0.39 is 30.5 Å². The number of alkyl halides is 2. The zero-order valence-electron chi connectivity index (χ0n) is 18.5. The fraction of sp³-hybridized carbons (Fsp3) is 0.583. The molecule has 2 saturated carbocycles. The van der Waals surface area contributed by atoms with Crippen LogP contribution in [0.5, 0.6) is 0 Å². The number of rotatable bonds is 6. The average molecular weight is 569 g/mol. The third-order valence-electron chi connectivity index (χ3n) is 7.35. The Morgan fingerprint density at radius 1 is 1.03 bits per heavy atom. The molecule has 4 rings (SSSR count). The van der Waals surface area contributed by atoms with Crippen LogP contribution in [-0.2, 0) is 19.1 Å². The lowest BCUT2D eigenvalue weighted by Crippen LogP contribution is -2.50. The molecule has 2 amide bonds. The Kier molecular flexibility index (Phi) is 6.40. The molecule has 0 aromatic heterocycles. The third-order valence-corrected chi connectivity index (χ3v) is 10.6. The van der Waals surface area contributed by atoms with E-state index >= 15 is 0 Å². The van der Waals surface area contributed by atoms with Gasteiger partial charge in [-0.25, -0.2) is 4.79 Å². The topological polar surface area (TPSA) is 80.8 Å². The van der Waals surface area contributed by atoms with Crippen LogP contribution in [0.3, 0.4) is 0 Å². The molecule has 3 aliphatic rings. The molecule has 2 aliphatic carbocycles. The number of amides is 2. The summed E-state index contributed by atoms with van der Waals surface area (Å²) in [7, 11) is 0. The number of carbonyl (C=O) groups excluding carboxylic acids is 4. The van der Waals surface area contributed by atoms with Crippen molar-refractivity contribution in [2.24, 2.45) is 29.6 Å². The largest absolute Gasteiger partial charge is 0.456 e. The lowest BCUT2D eigenvalue weighted by atomic mass is 9.81. The van der Waals surface area contributed by atoms with Gasteiger partial charge in [0.2, 0.25) is 11.8 Å². The van der Waals surface area contributed by atoms with Crippen molar-refractivity contribution in [1.82, 2.24) is 4.90 Å². The van der Waals surface area contributed by atoms with Gasteiger partial charge < -0.3 is 4.74 Å². The van der Waals surface area contributed by atoms with Gasteiger partial charge in [0, 0.05) is 15.2 Å². The number of fused-ring (bicyclic) bond motifs is 5. The predicted octanol–water partition coefficient (Wildman–Crippen LogP) is 3.83. The number of Topliss-reactive ketones (excluding diaryl/α,β-unsaturated/α-hetero) is 1. The molecule has 1 aromatic rings. The summed E-state index contributed by atoms with van der Waals surface area (Å²) < 4.78 is 5.34. The Bertz CT molecular complexity index is 961. The Morgan fingerprint density at radius 2 is 1.59 bits per heavy atom. The van der Waals surface area contributed by atoms with Crippen LogP contribution in [0, 0.1) is 43.4 Å². The number of imide groups is 1. The molecule has 1 aromatic carbocycles. The van der Waals surface area contributed by atoms with Crippen molar-refractivity contribution in [3.63, 3.8) is 0 Å². The molecule has 8 heteroatoms. The highest BCUT2D eigenvalue weighted by atomic mass is 79.9. The minimum absolute atomic E-state index is 0.0750. The number of ketones is 1. The monoisotopic (exact) mass is 567 g/mol. The molecular formula is C24H27Br2NO5. The minimum atomic E-state index is -1.03. The molecule has 6 nitrogen and oxygen atoms in total. The molecule has 1 heterocycles. The lowest BCUT2D eigenvalue weighted by Gasteiger charge is -2.28. The number of halogens is 2. The second-order valence-electron chi connectivity index (χ2n) is 9.57. The first-order chi connectivity index (χ1) is 15.0. The maximum Gasteiger partial charge on any atom is 0.330 e. The normalized spacial score (nSPS) is 31.9. The quantitative estimate of drug-likeness (QED) is 0.225. The summed E-state index contributed by atoms with van der Waals surface area (Å²) in [5.41, 5.74) is 2.51. The number of nitrogens with zero attached hydrogens (tertiary/aromatic N) is 1. The van der Waals surface area contributed by atoms with Gasteiger partial charge in [-0.15, -0.1) is 0 Å². The van der Waals surface area contributed by atoms with E-state index in [4.69, 9.17) is 4.74 Å². The van der Waals surface area contributed by atoms with E-state index in [1.165, 1.54) is 0 Å². The van der Waals surface area contributed by atoms with E-state index in [1.54, 1.807) is 26.0 Å². The summed E-state index contributed by atoms with van der Waals surface area (Å²) in [6.45, 7) is 7.00. The Hall–Kier alpha value is -1.54. The van der Waals surface area contributed by atoms with Crippen molar-refractivity contribution >= 4 is 55.4 Å². The maximum absolute atomic E-state index is 13.3. The molecule has 172 valence electrons. The van der Waals surface area contributed by atoms with Crippen molar-refractivity contribution in [3.8, 4) is 0 Å². The first-order valence-corrected chi connectivity index (χ1v) is 12.8. The van der Waals surface area contributed by atoms with Gasteiger partial charge >= 0.3 is 5.97 Å². The van der Waals surface area contributed by atoms with Gasteiger partial charge in [-0.05, 0) is 55.2 Å². The number of hydrogen-bond donors (Lipinski definition) is 0. The number of likely N-dealkylation sites (tertiary alicyclic amines) is 1. The Morgan fingerprint density at radius 3 is 2.09 bits per heavy atom. The molecular weight excluding hydrogens is 542 g/mol. The SMILES string of the molecule is Cc1ccc(C(=O)COC(=O)[C@H](C(C)C)N2C(=O)[C@@H]3[C@H]4C[C@@H]([C@@H](Br)[C@H]4Br)[C@H]3C2=O)cc1C. The zero-order valence-corrected chi connectivity index (χ0v) is 21.7. The van der Waals surface area contributed by atoms with Crippen molar-refractivity contribution < 1.29 is 23.9 Å². The van der Waals surface area contributed by atoms with E-state index in [1.807, 2.05) is 19.9 Å². The molecule has 0 unspecified atom stereocenters. The second-order valence-corrected chi connectivity index (χ2v) is 11.7. The first kappa shape index (κ1) is 23.6. The molecule has 32 heavy (non-hydrogen) atoms. The summed E-state index contributed by atoms with van der Waals surface area (Å²) in [4.78, 5) is 53.6. The molecule has 1 aliphatic heterocycles. The van der Waals surface area contributed by atoms with Gasteiger partial charge in [-0.1, -0.05) is 57.8 Å². The van der Waals surface area contributed by atoms with E-state index in [-0.39, 0.29) is 45.0 Å². The average Bonchev–Trinajstić information content (AvgIpc) is 3.34. The van der Waals surface area contributed by atoms with Crippen molar-refractivity contribution in [3.05, 3.63) is 34.9 Å². The van der Waals surface area contributed by atoms with Gasteiger partial charge in [-0.3, -0.25) is 19.3 Å². The van der Waals surface area contributed by atoms with Crippen molar-refractivity contribution in [1.29, 1.82) is 0 Å². The summed E-state index contributed by atoms with van der Waals surface area (Å²) >= 11 is 7.35. The van der Waals surface area contributed by atoms with Gasteiger partial charge in [0.25, 0.3) is 0 Å². The summed E-state index contributed by atoms with van der Waals surface area (Å²) in [5, 5.41) is 0. The molecule has 7 atom stereocenters. The van der Waals surface area contributed by atoms with Crippen molar-refractivity contribution in [2.75, 3.05) is 6.61 Å². The number of aryl methyl sites for hydroxylation is 2. The van der Waals surface area contributed by atoms with E-state index in [0.29, 0.717) is 5.56 Å². The number of benzene rings is 1. The van der Waals surface area contributed by atoms with Crippen LogP contribution in [-0.4, -0.2) is 50.8 Å². The summed E-state index contributed by atoms with van der Waals surface area (Å²) in [5.74, 6) is -2.56. The molecule has 0 radical (unpaired) electrons. The van der Waals surface area contributed by atoms with E-state index in [0.717, 1.165) is 22.4 Å². The van der Waals surface area contributed by atoms with Gasteiger partial charge in [0.05, 0.1) is 11.8 Å². The predicted molar refractivity (Wildman–Crippen MR) is 126 cm³/mol. The highest BCUT2D eigenvalue weighted by Crippen LogP contribution is 2.60. The Labute approximate surface area is 204 Å². The van der Waals surface area contributed by atoms with Gasteiger partial charge in [0.15, 0.2) is 12.4 Å². The molecule has 0 N–H and O–H groups in total. The molecule has 1 saturated heterocycles. The summed E-state index contributed by atoms with van der Waals surface area (Å²) in [6.07, 6.45) is 0.827. The Balaban J connectivity index is 1.49. The number of carbonyl (C=O) groups is 4. The zero-order chi connectivity index (χ0) is 23.5. The van der Waals surface area contributed by atoms with Crippen LogP contribution in [0.4, 0.5) is 0 Å². The second kappa shape index (κ2) is 8.67. The van der Waals surface area contributed by atoms with Crippen LogP contribution in [0.2, 0.25) is 0 Å². The first-order valence-electron chi connectivity index (χ1n) is 11.0. The number of hydrogen-bond acceptors (Lipinski definition) is 5. The van der Waals surface area contributed by atoms with Crippen molar-refractivity contribution in [2.45, 2.75) is 49.8 Å². The maximum atomic E-state index is 13.3. The molecule has 3 fully saturated rings. The molecule has 2 bridgehead atoms. The van der Waals surface area contributed by atoms with Crippen LogP contribution in [0.1, 0.15) is 41.8 Å². The minimum Gasteiger partial charge on any atom is -0.456 e. The highest BCUT2D eigenvalue weighted by Gasteiger charge is 2.67. The van der Waals surface area contributed by atoms with Gasteiger partial charge in [-0.2, -0.15) is 0 Å². The van der Waals surface area contributed by atoms with Crippen LogP contribution < -0.4 is 0 Å². The van der Waals surface area contributed by atoms with E-state index in [2.05, 4.69) is 31.9 Å². The third kappa shape index (κ3) is 3.67. The lowest BCUT2D eigenvalue weighted by molar-refractivity contribution is -0.160. The van der Waals surface area contributed by atoms with E-state index in [9.17, 15) is 19.2 Å². The fourth-order valence-corrected chi connectivity index (χ4v) is 7.42. The highest BCUT2D eigenvalue weighted by molar-refractivity contribution is 9.12. The smallest absolute Gasteiger partial charge is 0.330 e. The van der Waals surface area contributed by atoms with Crippen LogP contribution in [0.15, 0.2) is 18.2 Å². The van der Waals surface area contributed by atoms with Crippen LogP contribution >= 0.6 is 31.9 Å². The standard InChI is InChI=1S/C24H27Br2NO5/c1-10(2)21(24(31)32-9-16(28)13-6-5-11(3)12(4)7-13)27-22(29)17-14-8-15(18(17)23(27)30)20(26)19(14)25/h5-7,10,14-15,17-21H,8-9H2,1-4H3/t14-,15-,17-,18-,19-,20+,21+/m1/s1. The number of ether oxygens (including phenoxy) is 1. The van der Waals surface area contributed by atoms with Gasteiger partial charge in [0.1, 0.15) is 6.04 Å². The number of esters is 1. The fourth-order valence-electron chi connectivity index (χ4n) is 5.54. The summed E-state index contributed by atoms with van der Waals surface area (Å²) in [6, 6.07) is 4.29. The molecule has 0 spiro atoms.